The molecule has 0 atom stereocenters. The maximum atomic E-state index is 12.6. The van der Waals surface area contributed by atoms with Gasteiger partial charge in [-0.1, -0.05) is 13.0 Å². The number of nitrogens with one attached hydrogen (secondary N) is 1. The Hall–Kier alpha value is -2.41. The SMILES string of the molecule is CCCN1CCC(N(C)C(=O)Nc2cccc(-c3nnco3)c2)CC1. The second kappa shape index (κ2) is 8.11. The number of hydrogen-bond acceptors (Lipinski definition) is 5. The molecule has 1 saturated heterocycles. The molecule has 7 heteroatoms. The Morgan fingerprint density at radius 2 is 2.20 bits per heavy atom. The minimum Gasteiger partial charge on any atom is -0.423 e. The molecule has 1 aliphatic heterocycles. The lowest BCUT2D eigenvalue weighted by atomic mass is 10.0. The molecule has 0 radical (unpaired) electrons. The van der Waals surface area contributed by atoms with Crippen LogP contribution in [0.5, 0.6) is 0 Å². The van der Waals surface area contributed by atoms with Crippen LogP contribution in [0.2, 0.25) is 0 Å². The summed E-state index contributed by atoms with van der Waals surface area (Å²) < 4.78 is 5.20. The molecule has 1 N–H and O–H groups in total. The molecule has 0 unspecified atom stereocenters. The molecule has 7 nitrogen and oxygen atoms in total. The molecular weight excluding hydrogens is 318 g/mol. The van der Waals surface area contributed by atoms with Gasteiger partial charge in [-0.25, -0.2) is 4.79 Å². The minimum absolute atomic E-state index is 0.0865. The summed E-state index contributed by atoms with van der Waals surface area (Å²) in [5.41, 5.74) is 1.50. The van der Waals surface area contributed by atoms with Gasteiger partial charge in [-0.05, 0) is 44.0 Å². The lowest BCUT2D eigenvalue weighted by molar-refractivity contribution is 0.141. The van der Waals surface area contributed by atoms with Crippen LogP contribution in [0, 0.1) is 0 Å². The third kappa shape index (κ3) is 4.36. The molecule has 0 bridgehead atoms. The van der Waals surface area contributed by atoms with Crippen LogP contribution in [-0.4, -0.2) is 58.8 Å². The fourth-order valence-electron chi connectivity index (χ4n) is 3.25. The van der Waals surface area contributed by atoms with Crippen molar-refractivity contribution in [2.45, 2.75) is 32.2 Å². The summed E-state index contributed by atoms with van der Waals surface area (Å²) in [5.74, 6) is 0.438. The van der Waals surface area contributed by atoms with Crippen molar-refractivity contribution >= 4 is 11.7 Å². The Labute approximate surface area is 148 Å². The van der Waals surface area contributed by atoms with Crippen LogP contribution >= 0.6 is 0 Å². The van der Waals surface area contributed by atoms with Gasteiger partial charge in [0.05, 0.1) is 0 Å². The first-order chi connectivity index (χ1) is 12.2. The van der Waals surface area contributed by atoms with E-state index in [4.69, 9.17) is 4.42 Å². The van der Waals surface area contributed by atoms with Crippen molar-refractivity contribution < 1.29 is 9.21 Å². The fourth-order valence-corrected chi connectivity index (χ4v) is 3.25. The number of hydrogen-bond donors (Lipinski definition) is 1. The topological polar surface area (TPSA) is 74.5 Å². The quantitative estimate of drug-likeness (QED) is 0.903. The van der Waals surface area contributed by atoms with E-state index in [0.29, 0.717) is 5.89 Å². The highest BCUT2D eigenvalue weighted by atomic mass is 16.4. The van der Waals surface area contributed by atoms with Gasteiger partial charge < -0.3 is 19.5 Å². The molecule has 2 aromatic rings. The number of anilines is 1. The average Bonchev–Trinajstić information content (AvgIpc) is 3.17. The molecule has 2 amide bonds. The number of carbonyl (C=O) groups excluding carboxylic acids is 1. The van der Waals surface area contributed by atoms with Gasteiger partial charge in [-0.15, -0.1) is 10.2 Å². The molecule has 0 saturated carbocycles. The normalized spacial score (nSPS) is 15.9. The first-order valence-corrected chi connectivity index (χ1v) is 8.80. The number of rotatable bonds is 5. The standard InChI is InChI=1S/C18H25N5O2/c1-3-9-23-10-7-16(8-11-23)22(2)18(24)20-15-6-4-5-14(12-15)17-21-19-13-25-17/h4-6,12-13,16H,3,7-11H2,1-2H3,(H,20,24). The predicted octanol–water partition coefficient (Wildman–Crippen LogP) is 3.07. The van der Waals surface area contributed by atoms with Crippen LogP contribution in [0.4, 0.5) is 10.5 Å². The Morgan fingerprint density at radius 3 is 2.88 bits per heavy atom. The summed E-state index contributed by atoms with van der Waals surface area (Å²) in [4.78, 5) is 16.9. The Balaban J connectivity index is 1.58. The smallest absolute Gasteiger partial charge is 0.321 e. The molecule has 1 fully saturated rings. The molecule has 1 aliphatic rings. The monoisotopic (exact) mass is 343 g/mol. The average molecular weight is 343 g/mol. The highest BCUT2D eigenvalue weighted by Gasteiger charge is 2.25. The van der Waals surface area contributed by atoms with Crippen LogP contribution in [0.25, 0.3) is 11.5 Å². The first kappa shape index (κ1) is 17.4. The van der Waals surface area contributed by atoms with Crippen molar-refractivity contribution in [2.24, 2.45) is 0 Å². The largest absolute Gasteiger partial charge is 0.423 e. The third-order valence-electron chi connectivity index (χ3n) is 4.69. The zero-order valence-electron chi connectivity index (χ0n) is 14.8. The number of benzene rings is 1. The molecular formula is C18H25N5O2. The first-order valence-electron chi connectivity index (χ1n) is 8.80. The molecule has 3 rings (SSSR count). The molecule has 0 aliphatic carbocycles. The van der Waals surface area contributed by atoms with Gasteiger partial charge in [0, 0.05) is 37.4 Å². The van der Waals surface area contributed by atoms with Crippen molar-refractivity contribution in [1.82, 2.24) is 20.0 Å². The maximum Gasteiger partial charge on any atom is 0.321 e. The summed E-state index contributed by atoms with van der Waals surface area (Å²) in [6.07, 6.45) is 4.51. The minimum atomic E-state index is -0.0865. The van der Waals surface area contributed by atoms with Crippen molar-refractivity contribution in [3.05, 3.63) is 30.7 Å². The van der Waals surface area contributed by atoms with E-state index < -0.39 is 0 Å². The van der Waals surface area contributed by atoms with E-state index in [9.17, 15) is 4.79 Å². The molecule has 1 aromatic heterocycles. The summed E-state index contributed by atoms with van der Waals surface area (Å²) in [7, 11) is 1.87. The van der Waals surface area contributed by atoms with E-state index in [0.717, 1.165) is 43.7 Å². The zero-order valence-corrected chi connectivity index (χ0v) is 14.8. The Morgan fingerprint density at radius 1 is 1.40 bits per heavy atom. The second-order valence-corrected chi connectivity index (χ2v) is 6.44. The van der Waals surface area contributed by atoms with Crippen LogP contribution in [-0.2, 0) is 0 Å². The summed E-state index contributed by atoms with van der Waals surface area (Å²) in [5, 5.41) is 10.5. The lowest BCUT2D eigenvalue weighted by Crippen LogP contribution is -2.47. The van der Waals surface area contributed by atoms with Gasteiger partial charge in [0.15, 0.2) is 0 Å². The second-order valence-electron chi connectivity index (χ2n) is 6.44. The van der Waals surface area contributed by atoms with Gasteiger partial charge in [0.2, 0.25) is 12.3 Å². The molecule has 25 heavy (non-hydrogen) atoms. The van der Waals surface area contributed by atoms with Crippen molar-refractivity contribution in [1.29, 1.82) is 0 Å². The number of nitrogens with zero attached hydrogens (tertiary/aromatic N) is 4. The maximum absolute atomic E-state index is 12.6. The van der Waals surface area contributed by atoms with Crippen molar-refractivity contribution in [2.75, 3.05) is 32.0 Å². The van der Waals surface area contributed by atoms with E-state index >= 15 is 0 Å². The number of amides is 2. The molecule has 2 heterocycles. The number of carbonyl (C=O) groups is 1. The van der Waals surface area contributed by atoms with E-state index in [1.165, 1.54) is 12.8 Å². The van der Waals surface area contributed by atoms with Crippen LogP contribution in [0.3, 0.4) is 0 Å². The Kier molecular flexibility index (Phi) is 5.65. The van der Waals surface area contributed by atoms with Crippen molar-refractivity contribution in [3.8, 4) is 11.5 Å². The van der Waals surface area contributed by atoms with Gasteiger partial charge in [-0.3, -0.25) is 0 Å². The summed E-state index contributed by atoms with van der Waals surface area (Å²) in [6.45, 7) is 5.46. The third-order valence-corrected chi connectivity index (χ3v) is 4.69. The fraction of sp³-hybridized carbons (Fsp3) is 0.500. The van der Waals surface area contributed by atoms with Crippen molar-refractivity contribution in [3.63, 3.8) is 0 Å². The predicted molar refractivity (Wildman–Crippen MR) is 96.3 cm³/mol. The van der Waals surface area contributed by atoms with E-state index in [-0.39, 0.29) is 12.1 Å². The van der Waals surface area contributed by atoms with E-state index in [1.54, 1.807) is 0 Å². The highest BCUT2D eigenvalue weighted by Crippen LogP contribution is 2.21. The summed E-state index contributed by atoms with van der Waals surface area (Å²) >= 11 is 0. The van der Waals surface area contributed by atoms with E-state index in [2.05, 4.69) is 27.3 Å². The van der Waals surface area contributed by atoms with E-state index in [1.807, 2.05) is 36.2 Å². The lowest BCUT2D eigenvalue weighted by Gasteiger charge is -2.36. The van der Waals surface area contributed by atoms with Crippen LogP contribution in [0.15, 0.2) is 35.1 Å². The number of urea groups is 1. The van der Waals surface area contributed by atoms with Gasteiger partial charge >= 0.3 is 6.03 Å². The van der Waals surface area contributed by atoms with Crippen LogP contribution < -0.4 is 5.32 Å². The zero-order chi connectivity index (χ0) is 17.6. The highest BCUT2D eigenvalue weighted by molar-refractivity contribution is 5.90. The van der Waals surface area contributed by atoms with Gasteiger partial charge in [0.25, 0.3) is 0 Å². The number of aromatic nitrogens is 2. The van der Waals surface area contributed by atoms with Gasteiger partial charge in [-0.2, -0.15) is 0 Å². The van der Waals surface area contributed by atoms with Gasteiger partial charge in [0.1, 0.15) is 0 Å². The number of likely N-dealkylation sites (tertiary alicyclic amines) is 1. The Bertz CT molecular complexity index is 681. The molecule has 1 aromatic carbocycles. The van der Waals surface area contributed by atoms with Crippen LogP contribution in [0.1, 0.15) is 26.2 Å². The molecule has 0 spiro atoms. The number of piperidine rings is 1. The molecule has 134 valence electrons. The summed E-state index contributed by atoms with van der Waals surface area (Å²) in [6, 6.07) is 7.62.